The van der Waals surface area contributed by atoms with Crippen LogP contribution >= 0.6 is 11.6 Å². The molecule has 0 aliphatic carbocycles. The third-order valence-electron chi connectivity index (χ3n) is 2.03. The molecule has 2 rings (SSSR count). The number of phenolic OH excluding ortho intramolecular Hbond substituents is 1. The molecule has 0 saturated carbocycles. The lowest BCUT2D eigenvalue weighted by Gasteiger charge is -1.97. The van der Waals surface area contributed by atoms with Crippen molar-refractivity contribution in [3.05, 3.63) is 46.9 Å². The number of furan rings is 1. The Bertz CT molecular complexity index is 532. The molecule has 4 heteroatoms. The minimum atomic E-state index is 0.0870. The van der Waals surface area contributed by atoms with Crippen LogP contribution in [0.5, 0.6) is 5.75 Å². The number of halogens is 1. The third kappa shape index (κ3) is 2.44. The molecule has 0 saturated heterocycles. The molecular formula is C12H10ClNO2. The van der Waals surface area contributed by atoms with E-state index >= 15 is 0 Å². The molecule has 82 valence electrons. The molecule has 0 atom stereocenters. The van der Waals surface area contributed by atoms with Gasteiger partial charge in [0.25, 0.3) is 0 Å². The van der Waals surface area contributed by atoms with Gasteiger partial charge in [0.2, 0.25) is 0 Å². The number of hydrogen-bond acceptors (Lipinski definition) is 3. The molecule has 0 aliphatic rings. The zero-order chi connectivity index (χ0) is 11.5. The number of nitrogens with zero attached hydrogens (tertiary/aromatic N) is 1. The van der Waals surface area contributed by atoms with E-state index in [-0.39, 0.29) is 5.75 Å². The number of rotatable bonds is 2. The van der Waals surface area contributed by atoms with E-state index in [0.29, 0.717) is 16.5 Å². The van der Waals surface area contributed by atoms with Crippen molar-refractivity contribution >= 4 is 23.5 Å². The van der Waals surface area contributed by atoms with Crippen molar-refractivity contribution in [1.29, 1.82) is 0 Å². The molecule has 0 spiro atoms. The zero-order valence-corrected chi connectivity index (χ0v) is 9.40. The number of aryl methyl sites for hydroxylation is 1. The Hall–Kier alpha value is -1.74. The molecule has 0 bridgehead atoms. The van der Waals surface area contributed by atoms with Gasteiger partial charge in [-0.3, -0.25) is 0 Å². The Morgan fingerprint density at radius 1 is 1.31 bits per heavy atom. The van der Waals surface area contributed by atoms with Gasteiger partial charge in [0.15, 0.2) is 0 Å². The van der Waals surface area contributed by atoms with Crippen LogP contribution < -0.4 is 0 Å². The van der Waals surface area contributed by atoms with Crippen molar-refractivity contribution in [3.63, 3.8) is 0 Å². The standard InChI is InChI=1S/C12H10ClNO2/c1-8-2-4-10(16-8)7-14-11-6-9(13)3-5-12(11)15/h2-7,15H,1H3. The van der Waals surface area contributed by atoms with Crippen LogP contribution in [-0.4, -0.2) is 11.3 Å². The van der Waals surface area contributed by atoms with E-state index in [1.807, 2.05) is 13.0 Å². The van der Waals surface area contributed by atoms with Crippen molar-refractivity contribution in [3.8, 4) is 5.75 Å². The molecule has 1 N–H and O–H groups in total. The van der Waals surface area contributed by atoms with Crippen molar-refractivity contribution < 1.29 is 9.52 Å². The van der Waals surface area contributed by atoms with Crippen molar-refractivity contribution in [1.82, 2.24) is 0 Å². The molecule has 1 aromatic heterocycles. The summed E-state index contributed by atoms with van der Waals surface area (Å²) in [6.45, 7) is 1.86. The Morgan fingerprint density at radius 3 is 2.81 bits per heavy atom. The van der Waals surface area contributed by atoms with Gasteiger partial charge in [-0.15, -0.1) is 0 Å². The van der Waals surface area contributed by atoms with Crippen LogP contribution in [-0.2, 0) is 0 Å². The van der Waals surface area contributed by atoms with Crippen LogP contribution in [0.3, 0.4) is 0 Å². The molecule has 0 radical (unpaired) electrons. The summed E-state index contributed by atoms with van der Waals surface area (Å²) in [6, 6.07) is 8.35. The highest BCUT2D eigenvalue weighted by Gasteiger charge is 2.00. The Kier molecular flexibility index (Phi) is 2.97. The molecule has 0 amide bonds. The number of aliphatic imine (C=N–C) groups is 1. The number of hydrogen-bond donors (Lipinski definition) is 1. The van der Waals surface area contributed by atoms with Crippen LogP contribution in [0, 0.1) is 6.92 Å². The highest BCUT2D eigenvalue weighted by Crippen LogP contribution is 2.29. The third-order valence-corrected chi connectivity index (χ3v) is 2.26. The van der Waals surface area contributed by atoms with Crippen LogP contribution in [0.1, 0.15) is 11.5 Å². The zero-order valence-electron chi connectivity index (χ0n) is 8.64. The maximum absolute atomic E-state index is 9.52. The largest absolute Gasteiger partial charge is 0.506 e. The molecule has 2 aromatic rings. The summed E-state index contributed by atoms with van der Waals surface area (Å²) in [7, 11) is 0. The molecule has 16 heavy (non-hydrogen) atoms. The Morgan fingerprint density at radius 2 is 2.12 bits per heavy atom. The van der Waals surface area contributed by atoms with Crippen LogP contribution in [0.15, 0.2) is 39.7 Å². The molecule has 0 aliphatic heterocycles. The number of phenols is 1. The predicted molar refractivity (Wildman–Crippen MR) is 63.8 cm³/mol. The highest BCUT2D eigenvalue weighted by atomic mass is 35.5. The average molecular weight is 236 g/mol. The molecule has 1 heterocycles. The number of benzene rings is 1. The van der Waals surface area contributed by atoms with Gasteiger partial charge in [-0.25, -0.2) is 4.99 Å². The van der Waals surface area contributed by atoms with E-state index in [1.54, 1.807) is 24.4 Å². The van der Waals surface area contributed by atoms with Crippen molar-refractivity contribution in [2.75, 3.05) is 0 Å². The maximum atomic E-state index is 9.52. The topological polar surface area (TPSA) is 45.7 Å². The first-order chi connectivity index (χ1) is 7.65. The van der Waals surface area contributed by atoms with E-state index < -0.39 is 0 Å². The van der Waals surface area contributed by atoms with E-state index in [9.17, 15) is 5.11 Å². The Labute approximate surface area is 98.0 Å². The fourth-order valence-electron chi connectivity index (χ4n) is 1.26. The quantitative estimate of drug-likeness (QED) is 0.807. The van der Waals surface area contributed by atoms with Gasteiger partial charge >= 0.3 is 0 Å². The van der Waals surface area contributed by atoms with E-state index in [0.717, 1.165) is 5.76 Å². The van der Waals surface area contributed by atoms with Gasteiger partial charge in [-0.1, -0.05) is 11.6 Å². The maximum Gasteiger partial charge on any atom is 0.145 e. The monoisotopic (exact) mass is 235 g/mol. The second-order valence-electron chi connectivity index (χ2n) is 3.34. The molecule has 3 nitrogen and oxygen atoms in total. The summed E-state index contributed by atoms with van der Waals surface area (Å²) < 4.78 is 5.31. The van der Waals surface area contributed by atoms with Gasteiger partial charge < -0.3 is 9.52 Å². The average Bonchev–Trinajstić information content (AvgIpc) is 2.66. The lowest BCUT2D eigenvalue weighted by atomic mass is 10.3. The molecule has 0 unspecified atom stereocenters. The van der Waals surface area contributed by atoms with Gasteiger partial charge in [-0.2, -0.15) is 0 Å². The van der Waals surface area contributed by atoms with Crippen LogP contribution in [0.2, 0.25) is 5.02 Å². The first-order valence-corrected chi connectivity index (χ1v) is 5.12. The van der Waals surface area contributed by atoms with E-state index in [2.05, 4.69) is 4.99 Å². The van der Waals surface area contributed by atoms with Crippen molar-refractivity contribution in [2.24, 2.45) is 4.99 Å². The minimum absolute atomic E-state index is 0.0870. The van der Waals surface area contributed by atoms with Gasteiger partial charge in [0.1, 0.15) is 23.0 Å². The van der Waals surface area contributed by atoms with Gasteiger partial charge in [-0.05, 0) is 37.3 Å². The fourth-order valence-corrected chi connectivity index (χ4v) is 1.42. The number of aromatic hydroxyl groups is 1. The summed E-state index contributed by atoms with van der Waals surface area (Å²) in [4.78, 5) is 4.10. The SMILES string of the molecule is Cc1ccc(C=Nc2cc(Cl)ccc2O)o1. The summed E-state index contributed by atoms with van der Waals surface area (Å²) in [6.07, 6.45) is 1.54. The minimum Gasteiger partial charge on any atom is -0.506 e. The van der Waals surface area contributed by atoms with E-state index in [4.69, 9.17) is 16.0 Å². The molecular weight excluding hydrogens is 226 g/mol. The predicted octanol–water partition coefficient (Wildman–Crippen LogP) is 3.70. The van der Waals surface area contributed by atoms with Crippen LogP contribution in [0.25, 0.3) is 0 Å². The second-order valence-corrected chi connectivity index (χ2v) is 3.78. The lowest BCUT2D eigenvalue weighted by Crippen LogP contribution is -1.75. The summed E-state index contributed by atoms with van der Waals surface area (Å²) in [5, 5.41) is 10.0. The summed E-state index contributed by atoms with van der Waals surface area (Å²) in [5.41, 5.74) is 0.418. The first-order valence-electron chi connectivity index (χ1n) is 4.74. The van der Waals surface area contributed by atoms with E-state index in [1.165, 1.54) is 6.07 Å². The van der Waals surface area contributed by atoms with Gasteiger partial charge in [0.05, 0.1) is 6.21 Å². The normalized spacial score (nSPS) is 11.1. The summed E-state index contributed by atoms with van der Waals surface area (Å²) >= 11 is 5.79. The Balaban J connectivity index is 2.26. The van der Waals surface area contributed by atoms with Crippen LogP contribution in [0.4, 0.5) is 5.69 Å². The molecule has 0 fully saturated rings. The smallest absolute Gasteiger partial charge is 0.145 e. The van der Waals surface area contributed by atoms with Gasteiger partial charge in [0, 0.05) is 5.02 Å². The van der Waals surface area contributed by atoms with Crippen molar-refractivity contribution in [2.45, 2.75) is 6.92 Å². The lowest BCUT2D eigenvalue weighted by molar-refractivity contribution is 0.477. The molecule has 1 aromatic carbocycles. The fraction of sp³-hybridized carbons (Fsp3) is 0.0833. The first kappa shape index (κ1) is 10.8. The summed E-state index contributed by atoms with van der Waals surface area (Å²) in [5.74, 6) is 1.54. The second kappa shape index (κ2) is 4.41. The highest BCUT2D eigenvalue weighted by molar-refractivity contribution is 6.30.